The van der Waals surface area contributed by atoms with Gasteiger partial charge in [0.05, 0.1) is 0 Å². The van der Waals surface area contributed by atoms with E-state index in [1.165, 1.54) is 6.42 Å². The Bertz CT molecular complexity index is 275. The summed E-state index contributed by atoms with van der Waals surface area (Å²) in [5.41, 5.74) is 0. The number of carbonyl (C=O) groups is 1. The van der Waals surface area contributed by atoms with Crippen molar-refractivity contribution in [3.8, 4) is 0 Å². The summed E-state index contributed by atoms with van der Waals surface area (Å²) in [5, 5.41) is 0. The van der Waals surface area contributed by atoms with E-state index in [4.69, 9.17) is 0 Å². The third-order valence-electron chi connectivity index (χ3n) is 3.33. The van der Waals surface area contributed by atoms with E-state index in [2.05, 4.69) is 18.2 Å². The van der Waals surface area contributed by atoms with Gasteiger partial charge >= 0.3 is 0 Å². The summed E-state index contributed by atoms with van der Waals surface area (Å²) in [6.07, 6.45) is 9.64. The van der Waals surface area contributed by atoms with Crippen molar-refractivity contribution in [1.29, 1.82) is 0 Å². The van der Waals surface area contributed by atoms with E-state index in [0.29, 0.717) is 29.5 Å². The molecule has 0 N–H and O–H groups in total. The zero-order valence-corrected chi connectivity index (χ0v) is 6.23. The number of hydrogen-bond donors (Lipinski definition) is 0. The molecule has 3 unspecified atom stereocenters. The summed E-state index contributed by atoms with van der Waals surface area (Å²) in [6.45, 7) is 0. The smallest absolute Gasteiger partial charge is 0.159 e. The van der Waals surface area contributed by atoms with Crippen LogP contribution in [0.25, 0.3) is 0 Å². The second kappa shape index (κ2) is 1.66. The third kappa shape index (κ3) is 0.550. The molecule has 0 saturated heterocycles. The topological polar surface area (TPSA) is 17.1 Å². The van der Waals surface area contributed by atoms with Crippen molar-refractivity contribution in [2.24, 2.45) is 23.7 Å². The Kier molecular flexibility index (Phi) is 0.867. The van der Waals surface area contributed by atoms with E-state index < -0.39 is 0 Å². The van der Waals surface area contributed by atoms with Gasteiger partial charge < -0.3 is 0 Å². The predicted octanol–water partition coefficient (Wildman–Crippen LogP) is 1.56. The average molecular weight is 146 g/mol. The Balaban J connectivity index is 2.08. The Morgan fingerprint density at radius 3 is 2.82 bits per heavy atom. The molecule has 0 aliphatic heterocycles. The minimum Gasteiger partial charge on any atom is -0.295 e. The monoisotopic (exact) mass is 146 g/mol. The second-order valence-electron chi connectivity index (χ2n) is 3.81. The van der Waals surface area contributed by atoms with Crippen molar-refractivity contribution in [2.75, 3.05) is 0 Å². The first-order chi connectivity index (χ1) is 5.36. The van der Waals surface area contributed by atoms with Crippen LogP contribution in [-0.2, 0) is 4.79 Å². The van der Waals surface area contributed by atoms with Crippen LogP contribution in [0.1, 0.15) is 6.42 Å². The van der Waals surface area contributed by atoms with Crippen molar-refractivity contribution in [3.63, 3.8) is 0 Å². The highest BCUT2D eigenvalue weighted by molar-refractivity contribution is 5.95. The highest BCUT2D eigenvalue weighted by Gasteiger charge is 2.48. The molecular formula is C10H10O. The second-order valence-corrected chi connectivity index (χ2v) is 3.81. The van der Waals surface area contributed by atoms with Crippen molar-refractivity contribution in [3.05, 3.63) is 24.3 Å². The van der Waals surface area contributed by atoms with Crippen molar-refractivity contribution in [1.82, 2.24) is 0 Å². The van der Waals surface area contributed by atoms with E-state index in [1.54, 1.807) is 6.08 Å². The van der Waals surface area contributed by atoms with Crippen molar-refractivity contribution in [2.45, 2.75) is 6.42 Å². The molecule has 56 valence electrons. The van der Waals surface area contributed by atoms with Gasteiger partial charge in [0.1, 0.15) is 0 Å². The number of ketones is 1. The van der Waals surface area contributed by atoms with Gasteiger partial charge in [-0.2, -0.15) is 0 Å². The lowest BCUT2D eigenvalue weighted by atomic mass is 9.85. The molecule has 3 rings (SSSR count). The highest BCUT2D eigenvalue weighted by Crippen LogP contribution is 2.51. The van der Waals surface area contributed by atoms with E-state index >= 15 is 0 Å². The molecule has 3 aliphatic rings. The van der Waals surface area contributed by atoms with Crippen LogP contribution in [0.3, 0.4) is 0 Å². The molecule has 1 nitrogen and oxygen atoms in total. The quantitative estimate of drug-likeness (QED) is 0.474. The molecular weight excluding hydrogens is 136 g/mol. The SMILES string of the molecule is O=C1C=CC2C3C=CC(C3)[C@H]12. The lowest BCUT2D eigenvalue weighted by Crippen LogP contribution is -2.19. The van der Waals surface area contributed by atoms with E-state index in [1.807, 2.05) is 0 Å². The van der Waals surface area contributed by atoms with Crippen LogP contribution in [0.15, 0.2) is 24.3 Å². The number of fused-ring (bicyclic) bond motifs is 5. The molecule has 11 heavy (non-hydrogen) atoms. The Morgan fingerprint density at radius 1 is 1.18 bits per heavy atom. The maximum Gasteiger partial charge on any atom is 0.159 e. The average Bonchev–Trinajstić information content (AvgIpc) is 2.60. The summed E-state index contributed by atoms with van der Waals surface area (Å²) in [4.78, 5) is 11.3. The van der Waals surface area contributed by atoms with E-state index in [9.17, 15) is 4.79 Å². The van der Waals surface area contributed by atoms with Crippen LogP contribution in [0, 0.1) is 23.7 Å². The fourth-order valence-electron chi connectivity index (χ4n) is 2.84. The molecule has 0 radical (unpaired) electrons. The summed E-state index contributed by atoms with van der Waals surface area (Å²) in [7, 11) is 0. The van der Waals surface area contributed by atoms with Gasteiger partial charge in [-0.05, 0) is 30.3 Å². The van der Waals surface area contributed by atoms with Gasteiger partial charge in [-0.1, -0.05) is 18.2 Å². The summed E-state index contributed by atoms with van der Waals surface area (Å²) in [5.74, 6) is 2.54. The van der Waals surface area contributed by atoms with Crippen LogP contribution >= 0.6 is 0 Å². The molecule has 0 amide bonds. The molecule has 0 spiro atoms. The summed E-state index contributed by atoms with van der Waals surface area (Å²) >= 11 is 0. The van der Waals surface area contributed by atoms with Crippen LogP contribution < -0.4 is 0 Å². The maximum absolute atomic E-state index is 11.3. The lowest BCUT2D eigenvalue weighted by molar-refractivity contribution is -0.118. The molecule has 1 fully saturated rings. The fraction of sp³-hybridized carbons (Fsp3) is 0.500. The molecule has 0 aromatic rings. The van der Waals surface area contributed by atoms with Crippen LogP contribution in [-0.4, -0.2) is 5.78 Å². The van der Waals surface area contributed by atoms with Gasteiger partial charge in [0.25, 0.3) is 0 Å². The minimum atomic E-state index is 0.338. The zero-order valence-electron chi connectivity index (χ0n) is 6.23. The Morgan fingerprint density at radius 2 is 2.00 bits per heavy atom. The van der Waals surface area contributed by atoms with Crippen LogP contribution in [0.5, 0.6) is 0 Å². The molecule has 0 aromatic heterocycles. The van der Waals surface area contributed by atoms with Crippen molar-refractivity contribution >= 4 is 5.78 Å². The molecule has 3 aliphatic carbocycles. The number of allylic oxidation sites excluding steroid dienone is 4. The van der Waals surface area contributed by atoms with E-state index in [-0.39, 0.29) is 0 Å². The fourth-order valence-corrected chi connectivity index (χ4v) is 2.84. The molecule has 1 heteroatoms. The minimum absolute atomic E-state index is 0.338. The Labute approximate surface area is 65.8 Å². The number of hydrogen-bond acceptors (Lipinski definition) is 1. The lowest BCUT2D eigenvalue weighted by Gasteiger charge is -2.17. The molecule has 1 saturated carbocycles. The normalized spacial score (nSPS) is 50.7. The van der Waals surface area contributed by atoms with Crippen molar-refractivity contribution < 1.29 is 4.79 Å². The van der Waals surface area contributed by atoms with Gasteiger partial charge in [-0.3, -0.25) is 4.79 Å². The van der Waals surface area contributed by atoms with Gasteiger partial charge in [0.15, 0.2) is 5.78 Å². The first-order valence-corrected chi connectivity index (χ1v) is 4.26. The van der Waals surface area contributed by atoms with Crippen LogP contribution in [0.2, 0.25) is 0 Å². The first-order valence-electron chi connectivity index (χ1n) is 4.26. The van der Waals surface area contributed by atoms with Gasteiger partial charge in [0, 0.05) is 5.92 Å². The highest BCUT2D eigenvalue weighted by atomic mass is 16.1. The molecule has 0 aromatic carbocycles. The van der Waals surface area contributed by atoms with Gasteiger partial charge in [-0.15, -0.1) is 0 Å². The largest absolute Gasteiger partial charge is 0.295 e. The van der Waals surface area contributed by atoms with Crippen LogP contribution in [0.4, 0.5) is 0 Å². The zero-order chi connectivity index (χ0) is 7.42. The standard InChI is InChI=1S/C10H10O/c11-9-4-3-8-6-1-2-7(5-6)10(8)9/h1-4,6-8,10H,5H2/t6?,7?,8?,10-/m0/s1. The first kappa shape index (κ1) is 5.76. The third-order valence-corrected chi connectivity index (χ3v) is 3.33. The molecule has 4 atom stereocenters. The predicted molar refractivity (Wildman–Crippen MR) is 41.9 cm³/mol. The summed E-state index contributed by atoms with van der Waals surface area (Å²) < 4.78 is 0. The number of carbonyl (C=O) groups excluding carboxylic acids is 1. The summed E-state index contributed by atoms with van der Waals surface area (Å²) in [6, 6.07) is 0. The maximum atomic E-state index is 11.3. The Hall–Kier alpha value is -0.850. The van der Waals surface area contributed by atoms with Gasteiger partial charge in [-0.25, -0.2) is 0 Å². The number of rotatable bonds is 0. The van der Waals surface area contributed by atoms with Gasteiger partial charge in [0.2, 0.25) is 0 Å². The molecule has 0 heterocycles. The molecule has 2 bridgehead atoms. The van der Waals surface area contributed by atoms with E-state index in [0.717, 1.165) is 0 Å².